The van der Waals surface area contributed by atoms with E-state index >= 15 is 0 Å². The second-order valence-electron chi connectivity index (χ2n) is 2.94. The minimum atomic E-state index is -0.535. The number of ether oxygens (including phenoxy) is 1. The minimum absolute atomic E-state index is 0.00356. The van der Waals surface area contributed by atoms with Gasteiger partial charge < -0.3 is 10.5 Å². The van der Waals surface area contributed by atoms with Gasteiger partial charge in [-0.25, -0.2) is 4.39 Å². The van der Waals surface area contributed by atoms with E-state index in [2.05, 4.69) is 10.1 Å². The number of rotatable bonds is 2. The normalized spacial score (nSPS) is 10.4. The van der Waals surface area contributed by atoms with Crippen molar-refractivity contribution in [1.82, 2.24) is 14.8 Å². The molecule has 0 atom stereocenters. The number of anilines is 1. The van der Waals surface area contributed by atoms with Gasteiger partial charge in [0.1, 0.15) is 5.69 Å². The fraction of sp³-hybridized carbons (Fsp3) is 0.111. The van der Waals surface area contributed by atoms with Crippen LogP contribution < -0.4 is 10.5 Å². The molecule has 2 aromatic rings. The second kappa shape index (κ2) is 3.97. The van der Waals surface area contributed by atoms with Crippen molar-refractivity contribution in [1.29, 1.82) is 0 Å². The maximum absolute atomic E-state index is 13.6. The average Bonchev–Trinajstić information content (AvgIpc) is 2.60. The smallest absolute Gasteiger partial charge is 0.337 e. The van der Waals surface area contributed by atoms with Gasteiger partial charge in [0, 0.05) is 0 Å². The molecule has 0 fully saturated rings. The van der Waals surface area contributed by atoms with Crippen molar-refractivity contribution in [2.45, 2.75) is 0 Å². The average molecular weight is 243 g/mol. The predicted molar refractivity (Wildman–Crippen MR) is 57.3 cm³/mol. The van der Waals surface area contributed by atoms with E-state index in [0.717, 1.165) is 4.68 Å². The van der Waals surface area contributed by atoms with E-state index in [0.29, 0.717) is 0 Å². The van der Waals surface area contributed by atoms with Gasteiger partial charge in [-0.1, -0.05) is 17.7 Å². The molecule has 7 heteroatoms. The molecule has 0 radical (unpaired) electrons. The van der Waals surface area contributed by atoms with Gasteiger partial charge in [0.15, 0.2) is 5.82 Å². The van der Waals surface area contributed by atoms with Crippen molar-refractivity contribution in [2.24, 2.45) is 0 Å². The van der Waals surface area contributed by atoms with Crippen LogP contribution in [-0.4, -0.2) is 21.9 Å². The summed E-state index contributed by atoms with van der Waals surface area (Å²) in [6, 6.07) is 4.34. The van der Waals surface area contributed by atoms with Crippen molar-refractivity contribution in [3.63, 3.8) is 0 Å². The maximum atomic E-state index is 13.6. The highest BCUT2D eigenvalue weighted by Gasteiger charge is 2.15. The first-order valence-electron chi connectivity index (χ1n) is 4.34. The molecule has 0 saturated carbocycles. The molecule has 0 aliphatic heterocycles. The highest BCUT2D eigenvalue weighted by atomic mass is 35.5. The van der Waals surface area contributed by atoms with Crippen LogP contribution in [0.2, 0.25) is 5.02 Å². The molecule has 5 nitrogen and oxygen atoms in total. The van der Waals surface area contributed by atoms with E-state index < -0.39 is 5.82 Å². The second-order valence-corrected chi connectivity index (χ2v) is 3.35. The van der Waals surface area contributed by atoms with Gasteiger partial charge in [-0.05, 0) is 12.1 Å². The SMILES string of the molecule is COc1nc(N)n(-c2c(F)cccc2Cl)n1. The molecule has 2 N–H and O–H groups in total. The van der Waals surface area contributed by atoms with E-state index in [4.69, 9.17) is 22.1 Å². The Labute approximate surface area is 95.6 Å². The summed E-state index contributed by atoms with van der Waals surface area (Å²) in [4.78, 5) is 3.77. The number of nitrogens with two attached hydrogens (primary N) is 1. The lowest BCUT2D eigenvalue weighted by Gasteiger charge is -2.05. The molecule has 1 aromatic heterocycles. The monoisotopic (exact) mass is 242 g/mol. The Morgan fingerprint density at radius 2 is 2.25 bits per heavy atom. The standard InChI is InChI=1S/C9H8ClFN4O/c1-16-9-13-8(12)15(14-9)7-5(10)3-2-4-6(7)11/h2-4H,1H3,(H2,12,13,14). The minimum Gasteiger partial charge on any atom is -0.466 e. The highest BCUT2D eigenvalue weighted by Crippen LogP contribution is 2.25. The highest BCUT2D eigenvalue weighted by molar-refractivity contribution is 6.32. The van der Waals surface area contributed by atoms with Crippen molar-refractivity contribution < 1.29 is 9.13 Å². The lowest BCUT2D eigenvalue weighted by atomic mass is 10.3. The van der Waals surface area contributed by atoms with Crippen LogP contribution in [0.3, 0.4) is 0 Å². The molecule has 16 heavy (non-hydrogen) atoms. The number of para-hydroxylation sites is 1. The van der Waals surface area contributed by atoms with Crippen molar-refractivity contribution in [3.8, 4) is 11.7 Å². The van der Waals surface area contributed by atoms with Crippen LogP contribution in [0.4, 0.5) is 10.3 Å². The number of nitrogen functional groups attached to an aromatic ring is 1. The van der Waals surface area contributed by atoms with Gasteiger partial charge in [-0.2, -0.15) is 9.67 Å². The number of benzene rings is 1. The first kappa shape index (κ1) is 10.7. The molecule has 84 valence electrons. The van der Waals surface area contributed by atoms with Gasteiger partial charge in [-0.15, -0.1) is 5.10 Å². The summed E-state index contributed by atoms with van der Waals surface area (Å²) in [5, 5.41) is 4.05. The van der Waals surface area contributed by atoms with Crippen LogP contribution in [0.15, 0.2) is 18.2 Å². The van der Waals surface area contributed by atoms with E-state index in [1.54, 1.807) is 0 Å². The quantitative estimate of drug-likeness (QED) is 0.870. The summed E-state index contributed by atoms with van der Waals surface area (Å²) < 4.78 is 19.4. The lowest BCUT2D eigenvalue weighted by molar-refractivity contribution is 0.379. The first-order valence-corrected chi connectivity index (χ1v) is 4.72. The molecule has 0 bridgehead atoms. The summed E-state index contributed by atoms with van der Waals surface area (Å²) in [7, 11) is 1.39. The zero-order chi connectivity index (χ0) is 11.7. The lowest BCUT2D eigenvalue weighted by Crippen LogP contribution is -2.05. The fourth-order valence-electron chi connectivity index (χ4n) is 1.25. The van der Waals surface area contributed by atoms with Crippen LogP contribution in [0, 0.1) is 5.82 Å². The molecule has 0 aliphatic rings. The number of halogens is 2. The van der Waals surface area contributed by atoms with Gasteiger partial charge in [0.25, 0.3) is 0 Å². The van der Waals surface area contributed by atoms with Gasteiger partial charge in [-0.3, -0.25) is 0 Å². The number of nitrogens with zero attached hydrogens (tertiary/aromatic N) is 3. The van der Waals surface area contributed by atoms with E-state index in [1.807, 2.05) is 0 Å². The third-order valence-corrected chi connectivity index (χ3v) is 2.25. The molecule has 1 aromatic carbocycles. The van der Waals surface area contributed by atoms with Crippen LogP contribution in [0.1, 0.15) is 0 Å². The zero-order valence-corrected chi connectivity index (χ0v) is 9.07. The summed E-state index contributed by atoms with van der Waals surface area (Å²) in [5.74, 6) is -0.532. The predicted octanol–water partition coefficient (Wildman–Crippen LogP) is 1.65. The van der Waals surface area contributed by atoms with Crippen LogP contribution in [0.25, 0.3) is 5.69 Å². The number of methoxy groups -OCH3 is 1. The van der Waals surface area contributed by atoms with E-state index in [-0.39, 0.29) is 22.7 Å². The fourth-order valence-corrected chi connectivity index (χ4v) is 1.49. The molecule has 0 aliphatic carbocycles. The third kappa shape index (κ3) is 1.67. The molecule has 0 amide bonds. The van der Waals surface area contributed by atoms with Crippen molar-refractivity contribution in [2.75, 3.05) is 12.8 Å². The van der Waals surface area contributed by atoms with Crippen LogP contribution in [-0.2, 0) is 0 Å². The van der Waals surface area contributed by atoms with Crippen LogP contribution >= 0.6 is 11.6 Å². The molecule has 1 heterocycles. The summed E-state index contributed by atoms with van der Waals surface area (Å²) >= 11 is 5.86. The molecule has 2 rings (SSSR count). The number of aromatic nitrogens is 3. The topological polar surface area (TPSA) is 66.0 Å². The Morgan fingerprint density at radius 1 is 1.50 bits per heavy atom. The summed E-state index contributed by atoms with van der Waals surface area (Å²) in [6.45, 7) is 0. The number of hydrogen-bond donors (Lipinski definition) is 1. The molecule has 0 saturated heterocycles. The Morgan fingerprint density at radius 3 is 2.81 bits per heavy atom. The molecular weight excluding hydrogens is 235 g/mol. The Balaban J connectivity index is 2.62. The molecule has 0 unspecified atom stereocenters. The zero-order valence-electron chi connectivity index (χ0n) is 8.32. The van der Waals surface area contributed by atoms with E-state index in [9.17, 15) is 4.39 Å². The molecule has 0 spiro atoms. The van der Waals surface area contributed by atoms with Crippen molar-refractivity contribution >= 4 is 17.5 Å². The van der Waals surface area contributed by atoms with Gasteiger partial charge in [0.05, 0.1) is 12.1 Å². The Kier molecular flexibility index (Phi) is 2.66. The first-order chi connectivity index (χ1) is 7.63. The summed E-state index contributed by atoms with van der Waals surface area (Å²) in [6.07, 6.45) is 0. The van der Waals surface area contributed by atoms with Gasteiger partial charge >= 0.3 is 6.01 Å². The maximum Gasteiger partial charge on any atom is 0.337 e. The van der Waals surface area contributed by atoms with Crippen molar-refractivity contribution in [3.05, 3.63) is 29.0 Å². The largest absolute Gasteiger partial charge is 0.466 e. The Hall–Kier alpha value is -1.82. The molecular formula is C9H8ClFN4O. The number of hydrogen-bond acceptors (Lipinski definition) is 4. The summed E-state index contributed by atoms with van der Waals surface area (Å²) in [5.41, 5.74) is 5.62. The Bertz CT molecular complexity index is 508. The van der Waals surface area contributed by atoms with Gasteiger partial charge in [0.2, 0.25) is 5.95 Å². The third-order valence-electron chi connectivity index (χ3n) is 1.94. The van der Waals surface area contributed by atoms with E-state index in [1.165, 1.54) is 25.3 Å². The van der Waals surface area contributed by atoms with Crippen LogP contribution in [0.5, 0.6) is 6.01 Å².